The fourth-order valence-corrected chi connectivity index (χ4v) is 1.74. The molecule has 6 heteroatoms. The second kappa shape index (κ2) is 7.20. The summed E-state index contributed by atoms with van der Waals surface area (Å²) in [7, 11) is 0. The highest BCUT2D eigenvalue weighted by molar-refractivity contribution is 5.92. The number of hydrogen-bond acceptors (Lipinski definition) is 4. The summed E-state index contributed by atoms with van der Waals surface area (Å²) in [6.45, 7) is 2.15. The molecule has 1 fully saturated rings. The smallest absolute Gasteiger partial charge is 0.227 e. The number of carbonyl (C=O) groups excluding carboxylic acids is 1. The van der Waals surface area contributed by atoms with Crippen LogP contribution in [0.2, 0.25) is 0 Å². The van der Waals surface area contributed by atoms with Crippen LogP contribution < -0.4 is 10.6 Å². The van der Waals surface area contributed by atoms with Gasteiger partial charge in [-0.3, -0.25) is 4.79 Å². The molecule has 100 valence electrons. The van der Waals surface area contributed by atoms with Gasteiger partial charge >= 0.3 is 0 Å². The minimum absolute atomic E-state index is 0. The first-order valence-electron chi connectivity index (χ1n) is 5.66. The molecule has 0 bridgehead atoms. The Hall–Kier alpha value is -1.30. The van der Waals surface area contributed by atoms with Crippen molar-refractivity contribution in [2.24, 2.45) is 0 Å². The van der Waals surface area contributed by atoms with Gasteiger partial charge in [0, 0.05) is 13.1 Å². The Balaban J connectivity index is 0.00000162. The minimum Gasteiger partial charge on any atom is -0.506 e. The Labute approximate surface area is 112 Å². The van der Waals surface area contributed by atoms with Crippen molar-refractivity contribution in [2.75, 3.05) is 25.0 Å². The van der Waals surface area contributed by atoms with Gasteiger partial charge in [-0.25, -0.2) is 0 Å². The Kier molecular flexibility index (Phi) is 5.91. The highest BCUT2D eigenvalue weighted by Gasteiger charge is 2.17. The lowest BCUT2D eigenvalue weighted by atomic mass is 10.2. The normalized spacial score (nSPS) is 18.8. The van der Waals surface area contributed by atoms with Crippen molar-refractivity contribution in [1.82, 2.24) is 5.32 Å². The number of ether oxygens (including phenoxy) is 1. The molecule has 1 saturated heterocycles. The molecule has 1 aliphatic rings. The molecule has 1 atom stereocenters. The summed E-state index contributed by atoms with van der Waals surface area (Å²) in [5.74, 6) is -0.0799. The SMILES string of the molecule is Cl.O=C(CC1CNCCO1)Nc1ccccc1O. The van der Waals surface area contributed by atoms with E-state index in [4.69, 9.17) is 4.74 Å². The third-order valence-electron chi connectivity index (χ3n) is 2.60. The first-order valence-corrected chi connectivity index (χ1v) is 5.66. The van der Waals surface area contributed by atoms with Crippen LogP contribution in [-0.4, -0.2) is 36.8 Å². The number of anilines is 1. The van der Waals surface area contributed by atoms with Crippen LogP contribution in [0, 0.1) is 0 Å². The third-order valence-corrected chi connectivity index (χ3v) is 2.60. The average molecular weight is 273 g/mol. The summed E-state index contributed by atoms with van der Waals surface area (Å²) in [6.07, 6.45) is 0.205. The van der Waals surface area contributed by atoms with Crippen LogP contribution >= 0.6 is 12.4 Å². The number of phenolic OH excluding ortho intramolecular Hbond substituents is 1. The van der Waals surface area contributed by atoms with Gasteiger partial charge in [0.05, 0.1) is 24.8 Å². The zero-order valence-electron chi connectivity index (χ0n) is 9.89. The van der Waals surface area contributed by atoms with Gasteiger partial charge in [0.15, 0.2) is 0 Å². The summed E-state index contributed by atoms with van der Waals surface area (Å²) < 4.78 is 5.43. The molecule has 1 heterocycles. The third kappa shape index (κ3) is 4.18. The van der Waals surface area contributed by atoms with Crippen LogP contribution in [0.25, 0.3) is 0 Å². The van der Waals surface area contributed by atoms with Crippen LogP contribution in [0.3, 0.4) is 0 Å². The zero-order valence-corrected chi connectivity index (χ0v) is 10.7. The standard InChI is InChI=1S/C12H16N2O3.ClH/c15-11-4-2-1-3-10(11)14-12(16)7-9-8-13-5-6-17-9;/h1-4,9,13,15H,5-8H2,(H,14,16);1H. The molecule has 3 N–H and O–H groups in total. The minimum atomic E-state index is -0.153. The zero-order chi connectivity index (χ0) is 12.1. The Morgan fingerprint density at radius 2 is 2.28 bits per heavy atom. The van der Waals surface area contributed by atoms with Crippen molar-refractivity contribution < 1.29 is 14.6 Å². The fourth-order valence-electron chi connectivity index (χ4n) is 1.74. The predicted octanol–water partition coefficient (Wildman–Crippen LogP) is 1.13. The molecule has 1 unspecified atom stereocenters. The van der Waals surface area contributed by atoms with E-state index >= 15 is 0 Å². The van der Waals surface area contributed by atoms with E-state index in [1.807, 2.05) is 0 Å². The predicted molar refractivity (Wildman–Crippen MR) is 71.2 cm³/mol. The summed E-state index contributed by atoms with van der Waals surface area (Å²) in [5, 5.41) is 15.3. The maximum absolute atomic E-state index is 11.7. The van der Waals surface area contributed by atoms with Gasteiger partial charge in [0.25, 0.3) is 0 Å². The van der Waals surface area contributed by atoms with Crippen LogP contribution in [0.15, 0.2) is 24.3 Å². The monoisotopic (exact) mass is 272 g/mol. The van der Waals surface area contributed by atoms with Gasteiger partial charge in [0.1, 0.15) is 5.75 Å². The number of phenols is 1. The number of carbonyl (C=O) groups is 1. The summed E-state index contributed by atoms with van der Waals surface area (Å²) in [6, 6.07) is 6.66. The molecular weight excluding hydrogens is 256 g/mol. The number of aromatic hydroxyl groups is 1. The first-order chi connectivity index (χ1) is 8.25. The van der Waals surface area contributed by atoms with E-state index in [9.17, 15) is 9.90 Å². The molecule has 5 nitrogen and oxygen atoms in total. The molecule has 0 spiro atoms. The molecule has 0 aromatic heterocycles. The largest absolute Gasteiger partial charge is 0.506 e. The van der Waals surface area contributed by atoms with E-state index in [0.717, 1.165) is 6.54 Å². The molecule has 18 heavy (non-hydrogen) atoms. The number of halogens is 1. The fraction of sp³-hybridized carbons (Fsp3) is 0.417. The van der Waals surface area contributed by atoms with Crippen molar-refractivity contribution >= 4 is 24.0 Å². The van der Waals surface area contributed by atoms with Gasteiger partial charge in [-0.1, -0.05) is 12.1 Å². The van der Waals surface area contributed by atoms with E-state index in [1.54, 1.807) is 18.2 Å². The number of benzene rings is 1. The second-order valence-corrected chi connectivity index (χ2v) is 3.97. The summed E-state index contributed by atoms with van der Waals surface area (Å²) in [5.41, 5.74) is 0.432. The highest BCUT2D eigenvalue weighted by atomic mass is 35.5. The molecule has 0 saturated carbocycles. The topological polar surface area (TPSA) is 70.6 Å². The Morgan fingerprint density at radius 3 is 2.94 bits per heavy atom. The van der Waals surface area contributed by atoms with Crippen molar-refractivity contribution in [3.8, 4) is 5.75 Å². The number of para-hydroxylation sites is 2. The van der Waals surface area contributed by atoms with Gasteiger partial charge in [-0.2, -0.15) is 0 Å². The quantitative estimate of drug-likeness (QED) is 0.722. The van der Waals surface area contributed by atoms with Crippen LogP contribution in [0.4, 0.5) is 5.69 Å². The van der Waals surface area contributed by atoms with Crippen LogP contribution in [0.5, 0.6) is 5.75 Å². The maximum atomic E-state index is 11.7. The van der Waals surface area contributed by atoms with Crippen LogP contribution in [0.1, 0.15) is 6.42 Å². The van der Waals surface area contributed by atoms with Crippen molar-refractivity contribution in [3.63, 3.8) is 0 Å². The van der Waals surface area contributed by atoms with E-state index < -0.39 is 0 Å². The molecule has 0 aliphatic carbocycles. The van der Waals surface area contributed by atoms with E-state index in [2.05, 4.69) is 10.6 Å². The number of morpholine rings is 1. The molecule has 1 aromatic rings. The van der Waals surface area contributed by atoms with Crippen molar-refractivity contribution in [2.45, 2.75) is 12.5 Å². The van der Waals surface area contributed by atoms with Gasteiger partial charge < -0.3 is 20.5 Å². The van der Waals surface area contributed by atoms with Gasteiger partial charge in [-0.15, -0.1) is 12.4 Å². The lowest BCUT2D eigenvalue weighted by Gasteiger charge is -2.23. The molecular formula is C12H17ClN2O3. The van der Waals surface area contributed by atoms with Gasteiger partial charge in [0.2, 0.25) is 5.91 Å². The van der Waals surface area contributed by atoms with Crippen LogP contribution in [-0.2, 0) is 9.53 Å². The number of hydrogen-bond donors (Lipinski definition) is 3. The number of rotatable bonds is 3. The number of amides is 1. The van der Waals surface area contributed by atoms with Gasteiger partial charge in [-0.05, 0) is 12.1 Å². The average Bonchev–Trinajstić information content (AvgIpc) is 2.33. The second-order valence-electron chi connectivity index (χ2n) is 3.97. The summed E-state index contributed by atoms with van der Waals surface area (Å²) in [4.78, 5) is 11.7. The Bertz CT molecular complexity index is 395. The lowest BCUT2D eigenvalue weighted by Crippen LogP contribution is -2.40. The lowest BCUT2D eigenvalue weighted by molar-refractivity contribution is -0.119. The van der Waals surface area contributed by atoms with E-state index in [0.29, 0.717) is 25.3 Å². The summed E-state index contributed by atoms with van der Waals surface area (Å²) >= 11 is 0. The van der Waals surface area contributed by atoms with Crippen molar-refractivity contribution in [1.29, 1.82) is 0 Å². The number of nitrogens with one attached hydrogen (secondary N) is 2. The molecule has 2 rings (SSSR count). The molecule has 0 radical (unpaired) electrons. The molecule has 1 aliphatic heterocycles. The van der Waals surface area contributed by atoms with E-state index in [1.165, 1.54) is 6.07 Å². The van der Waals surface area contributed by atoms with E-state index in [-0.39, 0.29) is 30.2 Å². The first kappa shape index (κ1) is 14.8. The molecule has 1 amide bonds. The maximum Gasteiger partial charge on any atom is 0.227 e. The molecule has 1 aromatic carbocycles. The van der Waals surface area contributed by atoms with Crippen molar-refractivity contribution in [3.05, 3.63) is 24.3 Å². The highest BCUT2D eigenvalue weighted by Crippen LogP contribution is 2.21. The Morgan fingerprint density at radius 1 is 1.50 bits per heavy atom.